The van der Waals surface area contributed by atoms with Crippen molar-refractivity contribution in [3.8, 4) is 0 Å². The third-order valence-electron chi connectivity index (χ3n) is 8.23. The van der Waals surface area contributed by atoms with E-state index in [2.05, 4.69) is 12.2 Å². The molecule has 1 aromatic rings. The average molecular weight is 629 g/mol. The summed E-state index contributed by atoms with van der Waals surface area (Å²) in [6.45, 7) is 11.9. The van der Waals surface area contributed by atoms with Crippen molar-refractivity contribution in [2.24, 2.45) is 5.41 Å². The number of benzene rings is 1. The molecule has 1 fully saturated rings. The second-order valence-corrected chi connectivity index (χ2v) is 13.8. The fourth-order valence-electron chi connectivity index (χ4n) is 5.30. The average Bonchev–Trinajstić information content (AvgIpc) is 3.17. The SMILES string of the molecule is CCCCCCCCCCCCCCCCOC(=O)c1ccc(C)c(NC(=O)C(C(=O)C(C)(C)C)N2C(=O)OC(C)(C)C2=O)c1. The van der Waals surface area contributed by atoms with Gasteiger partial charge in [0.2, 0.25) is 0 Å². The number of esters is 1. The zero-order valence-electron chi connectivity index (χ0n) is 28.7. The molecular formula is C36H56N2O7. The van der Waals surface area contributed by atoms with Gasteiger partial charge in [0.1, 0.15) is 0 Å². The summed E-state index contributed by atoms with van der Waals surface area (Å²) < 4.78 is 10.6. The van der Waals surface area contributed by atoms with Crippen LogP contribution < -0.4 is 5.32 Å². The van der Waals surface area contributed by atoms with E-state index in [-0.39, 0.29) is 11.3 Å². The lowest BCUT2D eigenvalue weighted by Crippen LogP contribution is -2.55. The van der Waals surface area contributed by atoms with Crippen molar-refractivity contribution in [2.45, 2.75) is 150 Å². The van der Waals surface area contributed by atoms with Crippen LogP contribution in [0.2, 0.25) is 0 Å². The van der Waals surface area contributed by atoms with Gasteiger partial charge in [-0.05, 0) is 44.9 Å². The van der Waals surface area contributed by atoms with Gasteiger partial charge in [0, 0.05) is 11.1 Å². The fourth-order valence-corrected chi connectivity index (χ4v) is 5.30. The van der Waals surface area contributed by atoms with E-state index in [0.29, 0.717) is 17.1 Å². The van der Waals surface area contributed by atoms with Crippen LogP contribution in [0.15, 0.2) is 18.2 Å². The summed E-state index contributed by atoms with van der Waals surface area (Å²) in [5, 5.41) is 2.66. The molecule has 0 bridgehead atoms. The maximum Gasteiger partial charge on any atom is 0.418 e. The summed E-state index contributed by atoms with van der Waals surface area (Å²) in [6, 6.07) is 3.02. The van der Waals surface area contributed by atoms with Gasteiger partial charge in [-0.25, -0.2) is 14.5 Å². The number of anilines is 1. The van der Waals surface area contributed by atoms with Gasteiger partial charge in [0.15, 0.2) is 17.4 Å². The number of Topliss-reactive ketones (excluding diaryl/α,β-unsaturated/α-hetero) is 1. The molecule has 3 amide bonds. The topological polar surface area (TPSA) is 119 Å². The Balaban J connectivity index is 1.84. The van der Waals surface area contributed by atoms with Crippen molar-refractivity contribution in [2.75, 3.05) is 11.9 Å². The number of aryl methyl sites for hydroxylation is 1. The van der Waals surface area contributed by atoms with Gasteiger partial charge in [0.05, 0.1) is 12.2 Å². The Bertz CT molecular complexity index is 1170. The lowest BCUT2D eigenvalue weighted by Gasteiger charge is -2.28. The normalized spacial score (nSPS) is 15.1. The number of nitrogens with zero attached hydrogens (tertiary/aromatic N) is 1. The van der Waals surface area contributed by atoms with Crippen LogP contribution in [-0.2, 0) is 23.9 Å². The van der Waals surface area contributed by atoms with Crippen molar-refractivity contribution < 1.29 is 33.4 Å². The van der Waals surface area contributed by atoms with Crippen LogP contribution in [0.5, 0.6) is 0 Å². The number of amides is 3. The van der Waals surface area contributed by atoms with Crippen molar-refractivity contribution in [1.29, 1.82) is 0 Å². The molecule has 0 aliphatic carbocycles. The first-order valence-corrected chi connectivity index (χ1v) is 16.9. The number of imide groups is 1. The van der Waals surface area contributed by atoms with Gasteiger partial charge in [-0.15, -0.1) is 0 Å². The number of carbonyl (C=O) groups excluding carboxylic acids is 5. The van der Waals surface area contributed by atoms with Crippen LogP contribution in [0.4, 0.5) is 10.5 Å². The third kappa shape index (κ3) is 11.9. The zero-order valence-corrected chi connectivity index (χ0v) is 28.7. The standard InChI is InChI=1S/C36H56N2O7/c1-8-9-10-11-12-13-14-15-16-17-18-19-20-21-24-44-32(41)27-23-22-26(2)28(25-27)37-31(40)29(30(39)35(3,4)5)38-33(42)36(6,7)45-34(38)43/h22-23,25,29H,8-21,24H2,1-7H3,(H,37,40). The van der Waals surface area contributed by atoms with Crippen molar-refractivity contribution in [3.63, 3.8) is 0 Å². The number of rotatable bonds is 20. The molecule has 0 radical (unpaired) electrons. The number of hydrogen-bond acceptors (Lipinski definition) is 7. The molecule has 0 spiro atoms. The van der Waals surface area contributed by atoms with Crippen molar-refractivity contribution in [1.82, 2.24) is 4.90 Å². The van der Waals surface area contributed by atoms with Crippen LogP contribution in [-0.4, -0.2) is 52.8 Å². The molecule has 2 rings (SSSR count). The van der Waals surface area contributed by atoms with E-state index < -0.39 is 46.7 Å². The highest BCUT2D eigenvalue weighted by molar-refractivity contribution is 6.19. The van der Waals surface area contributed by atoms with E-state index in [9.17, 15) is 24.0 Å². The monoisotopic (exact) mass is 628 g/mol. The Morgan fingerprint density at radius 3 is 1.84 bits per heavy atom. The molecule has 252 valence electrons. The minimum absolute atomic E-state index is 0.248. The molecule has 1 atom stereocenters. The molecule has 0 aromatic heterocycles. The Hall–Kier alpha value is -3.23. The number of unbranched alkanes of at least 4 members (excludes halogenated alkanes) is 13. The first-order valence-electron chi connectivity index (χ1n) is 16.9. The Morgan fingerprint density at radius 2 is 1.38 bits per heavy atom. The Labute approximate surface area is 270 Å². The van der Waals surface area contributed by atoms with E-state index in [0.717, 1.165) is 19.3 Å². The van der Waals surface area contributed by atoms with Gasteiger partial charge < -0.3 is 14.8 Å². The van der Waals surface area contributed by atoms with E-state index in [4.69, 9.17) is 9.47 Å². The van der Waals surface area contributed by atoms with Crippen LogP contribution >= 0.6 is 0 Å². The number of carbonyl (C=O) groups is 5. The first-order chi connectivity index (χ1) is 21.2. The van der Waals surface area contributed by atoms with E-state index in [1.165, 1.54) is 90.5 Å². The first kappa shape index (κ1) is 38.0. The Kier molecular flexibility index (Phi) is 15.2. The van der Waals surface area contributed by atoms with Crippen molar-refractivity contribution in [3.05, 3.63) is 29.3 Å². The molecular weight excluding hydrogens is 572 g/mol. The molecule has 1 unspecified atom stereocenters. The lowest BCUT2D eigenvalue weighted by atomic mass is 9.85. The van der Waals surface area contributed by atoms with Crippen LogP contribution in [0.25, 0.3) is 0 Å². The third-order valence-corrected chi connectivity index (χ3v) is 8.23. The van der Waals surface area contributed by atoms with E-state index in [1.54, 1.807) is 39.8 Å². The van der Waals surface area contributed by atoms with Gasteiger partial charge in [-0.3, -0.25) is 14.4 Å². The second kappa shape index (κ2) is 18.1. The predicted molar refractivity (Wildman–Crippen MR) is 176 cm³/mol. The molecule has 45 heavy (non-hydrogen) atoms. The van der Waals surface area contributed by atoms with Crippen molar-refractivity contribution >= 4 is 35.3 Å². The molecule has 1 heterocycles. The highest BCUT2D eigenvalue weighted by atomic mass is 16.6. The summed E-state index contributed by atoms with van der Waals surface area (Å²) in [5.74, 6) is -2.77. The molecule has 1 aliphatic heterocycles. The zero-order chi connectivity index (χ0) is 33.6. The highest BCUT2D eigenvalue weighted by Gasteiger charge is 2.55. The fraction of sp³-hybridized carbons (Fsp3) is 0.694. The molecule has 1 aliphatic rings. The number of cyclic esters (lactones) is 1. The smallest absolute Gasteiger partial charge is 0.418 e. The van der Waals surface area contributed by atoms with E-state index >= 15 is 0 Å². The molecule has 0 saturated carbocycles. The van der Waals surface area contributed by atoms with Gasteiger partial charge in [-0.2, -0.15) is 0 Å². The molecule has 9 nitrogen and oxygen atoms in total. The summed E-state index contributed by atoms with van der Waals surface area (Å²) >= 11 is 0. The molecule has 1 N–H and O–H groups in total. The van der Waals surface area contributed by atoms with Crippen LogP contribution in [0.3, 0.4) is 0 Å². The van der Waals surface area contributed by atoms with E-state index in [1.807, 2.05) is 0 Å². The summed E-state index contributed by atoms with van der Waals surface area (Å²) in [4.78, 5) is 65.7. The van der Waals surface area contributed by atoms with Gasteiger partial charge in [0.25, 0.3) is 11.8 Å². The number of nitrogens with one attached hydrogen (secondary N) is 1. The number of ketones is 1. The summed E-state index contributed by atoms with van der Waals surface area (Å²) in [6.07, 6.45) is 16.4. The number of hydrogen-bond donors (Lipinski definition) is 1. The van der Waals surface area contributed by atoms with Gasteiger partial charge in [-0.1, -0.05) is 117 Å². The lowest BCUT2D eigenvalue weighted by molar-refractivity contribution is -0.145. The van der Waals surface area contributed by atoms with Gasteiger partial charge >= 0.3 is 12.1 Å². The predicted octanol–water partition coefficient (Wildman–Crippen LogP) is 8.31. The minimum atomic E-state index is -1.73. The minimum Gasteiger partial charge on any atom is -0.462 e. The largest absolute Gasteiger partial charge is 0.462 e. The summed E-state index contributed by atoms with van der Waals surface area (Å²) in [7, 11) is 0. The Morgan fingerprint density at radius 1 is 0.867 bits per heavy atom. The van der Waals surface area contributed by atoms with Crippen LogP contribution in [0.1, 0.15) is 147 Å². The second-order valence-electron chi connectivity index (χ2n) is 13.8. The molecule has 1 aromatic carbocycles. The number of ether oxygens (including phenoxy) is 2. The maximum atomic E-state index is 13.5. The quantitative estimate of drug-likeness (QED) is 0.0876. The summed E-state index contributed by atoms with van der Waals surface area (Å²) in [5.41, 5.74) is -1.39. The molecule has 9 heteroatoms. The maximum absolute atomic E-state index is 13.5. The highest BCUT2D eigenvalue weighted by Crippen LogP contribution is 2.30. The molecule has 1 saturated heterocycles. The van der Waals surface area contributed by atoms with Crippen LogP contribution in [0, 0.1) is 12.3 Å².